The molecule has 1 saturated heterocycles. The lowest BCUT2D eigenvalue weighted by molar-refractivity contribution is -0.149. The van der Waals surface area contributed by atoms with E-state index in [2.05, 4.69) is 0 Å². The maximum absolute atomic E-state index is 15.1. The van der Waals surface area contributed by atoms with Crippen LogP contribution in [0.15, 0.2) is 77.2 Å². The lowest BCUT2D eigenvalue weighted by Gasteiger charge is -2.49. The number of thioether (sulfide) groups is 1. The first-order chi connectivity index (χ1) is 17.0. The van der Waals surface area contributed by atoms with Gasteiger partial charge in [-0.15, -0.1) is 11.8 Å². The molecule has 2 bridgehead atoms. The Morgan fingerprint density at radius 3 is 2.89 bits per heavy atom. The van der Waals surface area contributed by atoms with Crippen molar-refractivity contribution >= 4 is 17.7 Å². The molecule has 3 atom stereocenters. The molecule has 4 aliphatic rings. The van der Waals surface area contributed by atoms with Crippen LogP contribution < -0.4 is 4.74 Å². The second-order valence-electron chi connectivity index (χ2n) is 8.76. The number of halogens is 1. The Morgan fingerprint density at radius 1 is 1.14 bits per heavy atom. The molecule has 2 aromatic rings. The number of amides is 1. The highest BCUT2D eigenvalue weighted by molar-refractivity contribution is 7.98. The number of hydrogen-bond donors (Lipinski definition) is 2. The van der Waals surface area contributed by atoms with Gasteiger partial charge >= 0.3 is 0 Å². The molecule has 6 rings (SSSR count). The fourth-order valence-corrected chi connectivity index (χ4v) is 6.16. The number of hydrazine groups is 1. The van der Waals surface area contributed by atoms with E-state index in [1.807, 2.05) is 41.4 Å². The van der Waals surface area contributed by atoms with E-state index in [4.69, 9.17) is 4.74 Å². The van der Waals surface area contributed by atoms with E-state index < -0.39 is 17.9 Å². The molecular formula is C26H24FN3O4S. The largest absolute Gasteiger partial charge is 0.507 e. The number of benzene rings is 2. The van der Waals surface area contributed by atoms with Gasteiger partial charge in [-0.3, -0.25) is 9.80 Å². The summed E-state index contributed by atoms with van der Waals surface area (Å²) >= 11 is 1.44. The number of hydrogen-bond acceptors (Lipinski definition) is 7. The average molecular weight is 494 g/mol. The number of aliphatic hydroxyl groups excluding tert-OH is 2. The third-order valence-corrected chi connectivity index (χ3v) is 7.88. The van der Waals surface area contributed by atoms with Crippen molar-refractivity contribution in [2.45, 2.75) is 29.2 Å². The number of fused-ring (bicyclic) bond motifs is 7. The third-order valence-electron chi connectivity index (χ3n) is 6.70. The minimum Gasteiger partial charge on any atom is -0.507 e. The van der Waals surface area contributed by atoms with Crippen LogP contribution in [0.5, 0.6) is 5.75 Å². The van der Waals surface area contributed by atoms with Crippen LogP contribution in [0.1, 0.15) is 29.2 Å². The zero-order valence-electron chi connectivity index (χ0n) is 18.8. The highest BCUT2D eigenvalue weighted by atomic mass is 32.2. The highest BCUT2D eigenvalue weighted by Crippen LogP contribution is 2.48. The van der Waals surface area contributed by atoms with Gasteiger partial charge in [0.05, 0.1) is 12.7 Å². The first-order valence-electron chi connectivity index (χ1n) is 11.5. The molecule has 0 saturated carbocycles. The van der Waals surface area contributed by atoms with Crippen LogP contribution in [-0.2, 0) is 10.5 Å². The Kier molecular flexibility index (Phi) is 5.55. The van der Waals surface area contributed by atoms with Gasteiger partial charge in [0.1, 0.15) is 24.3 Å². The van der Waals surface area contributed by atoms with Gasteiger partial charge in [-0.05, 0) is 35.8 Å². The average Bonchev–Trinajstić information content (AvgIpc) is 3.02. The van der Waals surface area contributed by atoms with Gasteiger partial charge in [-0.1, -0.05) is 36.4 Å². The molecule has 2 unspecified atom stereocenters. The summed E-state index contributed by atoms with van der Waals surface area (Å²) < 4.78 is 21.3. The van der Waals surface area contributed by atoms with Crippen LogP contribution >= 0.6 is 11.8 Å². The summed E-state index contributed by atoms with van der Waals surface area (Å²) in [6, 6.07) is 10.4. The number of nitrogens with zero attached hydrogens (tertiary/aromatic N) is 3. The Labute approximate surface area is 206 Å². The van der Waals surface area contributed by atoms with E-state index in [-0.39, 0.29) is 24.1 Å². The van der Waals surface area contributed by atoms with Crippen LogP contribution in [0.25, 0.3) is 0 Å². The van der Waals surface area contributed by atoms with Gasteiger partial charge in [0.25, 0.3) is 5.91 Å². The molecular weight excluding hydrogens is 469 g/mol. The van der Waals surface area contributed by atoms with Gasteiger partial charge < -0.3 is 19.8 Å². The first-order valence-corrected chi connectivity index (χ1v) is 12.5. The predicted molar refractivity (Wildman–Crippen MR) is 129 cm³/mol. The van der Waals surface area contributed by atoms with Gasteiger partial charge in [0, 0.05) is 29.0 Å². The van der Waals surface area contributed by atoms with Crippen LogP contribution in [0, 0.1) is 5.82 Å². The van der Waals surface area contributed by atoms with Crippen molar-refractivity contribution in [3.63, 3.8) is 0 Å². The summed E-state index contributed by atoms with van der Waals surface area (Å²) in [7, 11) is 0. The molecule has 0 spiro atoms. The molecule has 4 heterocycles. The summed E-state index contributed by atoms with van der Waals surface area (Å²) in [4.78, 5) is 15.6. The Balaban J connectivity index is 1.63. The lowest BCUT2D eigenvalue weighted by Crippen LogP contribution is -2.58. The second kappa shape index (κ2) is 8.75. The molecule has 35 heavy (non-hydrogen) atoms. The van der Waals surface area contributed by atoms with E-state index in [1.165, 1.54) is 23.9 Å². The quantitative estimate of drug-likeness (QED) is 0.540. The number of rotatable bonds is 0. The fourth-order valence-electron chi connectivity index (χ4n) is 5.06. The molecule has 0 radical (unpaired) electrons. The van der Waals surface area contributed by atoms with Crippen molar-refractivity contribution < 1.29 is 24.1 Å². The molecule has 1 amide bonds. The number of aliphatic hydroxyl groups is 2. The summed E-state index contributed by atoms with van der Waals surface area (Å²) in [5.74, 6) is 0.188. The summed E-state index contributed by atoms with van der Waals surface area (Å²) in [5, 5.41) is 24.6. The zero-order chi connectivity index (χ0) is 24.1. The first kappa shape index (κ1) is 22.2. The molecule has 2 N–H and O–H groups in total. The van der Waals surface area contributed by atoms with Crippen molar-refractivity contribution in [2.24, 2.45) is 0 Å². The van der Waals surface area contributed by atoms with Gasteiger partial charge in [-0.2, -0.15) is 5.01 Å². The standard InChI is InChI=1S/C26H24FN3O4S/c27-18-8-5-7-17-22-21-16(14-35-25(17)18)6-4-9-20(21)34-13-3-1-2-11-28-15-30(22)29-12-10-19(31)24(32)23(29)26(28)33/h1,3-10,12,19,22,31-32H,2,11,13-15H2/b3-1+/t19?,22-/m1/s1. The summed E-state index contributed by atoms with van der Waals surface area (Å²) in [6.07, 6.45) is 6.26. The molecule has 0 aliphatic carbocycles. The number of ether oxygens (including phenoxy) is 1. The molecule has 9 heteroatoms. The van der Waals surface area contributed by atoms with E-state index in [9.17, 15) is 15.0 Å². The number of carbonyl (C=O) groups excluding carboxylic acids is 1. The molecule has 180 valence electrons. The Morgan fingerprint density at radius 2 is 2.00 bits per heavy atom. The molecule has 7 nitrogen and oxygen atoms in total. The second-order valence-corrected chi connectivity index (χ2v) is 9.75. The van der Waals surface area contributed by atoms with Crippen molar-refractivity contribution in [2.75, 3.05) is 19.8 Å². The van der Waals surface area contributed by atoms with Crippen molar-refractivity contribution in [1.29, 1.82) is 0 Å². The number of carbonyl (C=O) groups is 1. The smallest absolute Gasteiger partial charge is 0.276 e. The van der Waals surface area contributed by atoms with Crippen LogP contribution in [0.3, 0.4) is 0 Å². The normalized spacial score (nSPS) is 26.5. The minimum atomic E-state index is -1.27. The van der Waals surface area contributed by atoms with Gasteiger partial charge in [0.2, 0.25) is 0 Å². The van der Waals surface area contributed by atoms with Crippen molar-refractivity contribution in [3.8, 4) is 5.75 Å². The predicted octanol–water partition coefficient (Wildman–Crippen LogP) is 3.84. The van der Waals surface area contributed by atoms with E-state index in [0.717, 1.165) is 16.7 Å². The monoisotopic (exact) mass is 493 g/mol. The topological polar surface area (TPSA) is 76.5 Å². The van der Waals surface area contributed by atoms with Gasteiger partial charge in [-0.25, -0.2) is 4.39 Å². The zero-order valence-corrected chi connectivity index (χ0v) is 19.6. The van der Waals surface area contributed by atoms with Crippen molar-refractivity contribution in [3.05, 3.63) is 94.8 Å². The minimum absolute atomic E-state index is 0.00194. The van der Waals surface area contributed by atoms with Gasteiger partial charge in [0.15, 0.2) is 11.5 Å². The Hall–Kier alpha value is -3.27. The van der Waals surface area contributed by atoms with E-state index >= 15 is 4.39 Å². The molecule has 4 aliphatic heterocycles. The van der Waals surface area contributed by atoms with Crippen LogP contribution in [0.4, 0.5) is 4.39 Å². The third kappa shape index (κ3) is 3.62. The van der Waals surface area contributed by atoms with Crippen LogP contribution in [-0.4, -0.2) is 57.0 Å². The van der Waals surface area contributed by atoms with Crippen LogP contribution in [0.2, 0.25) is 0 Å². The lowest BCUT2D eigenvalue weighted by atomic mass is 9.93. The van der Waals surface area contributed by atoms with E-state index in [1.54, 1.807) is 22.2 Å². The van der Waals surface area contributed by atoms with E-state index in [0.29, 0.717) is 36.0 Å². The van der Waals surface area contributed by atoms with Crippen molar-refractivity contribution in [1.82, 2.24) is 14.9 Å². The summed E-state index contributed by atoms with van der Waals surface area (Å²) in [6.45, 7) is 1.01. The Bertz CT molecular complexity index is 1290. The molecule has 1 fully saturated rings. The fraction of sp³-hybridized carbons (Fsp3) is 0.269. The maximum atomic E-state index is 15.1. The SMILES string of the molecule is O=C1C2=C(O)C(O)C=CN2N2CN1CC/C=C/COc1cccc3c1[C@H]2c1cccc(F)c1SC3. The molecule has 2 aromatic carbocycles. The highest BCUT2D eigenvalue weighted by Gasteiger charge is 2.45. The molecule has 0 aromatic heterocycles. The maximum Gasteiger partial charge on any atom is 0.276 e. The summed E-state index contributed by atoms with van der Waals surface area (Å²) in [5.41, 5.74) is 2.66.